The van der Waals surface area contributed by atoms with Crippen molar-refractivity contribution in [1.29, 1.82) is 0 Å². The summed E-state index contributed by atoms with van der Waals surface area (Å²) in [5, 5.41) is 11.3. The number of nitrogens with one attached hydrogen (secondary N) is 1. The number of nitrogens with zero attached hydrogens (tertiary/aromatic N) is 5. The van der Waals surface area contributed by atoms with Crippen molar-refractivity contribution in [3.05, 3.63) is 35.8 Å². The highest BCUT2D eigenvalue weighted by Gasteiger charge is 2.29. The zero-order chi connectivity index (χ0) is 20.2. The van der Waals surface area contributed by atoms with Crippen molar-refractivity contribution in [3.8, 4) is 0 Å². The Kier molecular flexibility index (Phi) is 6.15. The molecule has 9 nitrogen and oxygen atoms in total. The van der Waals surface area contributed by atoms with Gasteiger partial charge in [-0.15, -0.1) is 10.2 Å². The molecule has 0 aliphatic carbocycles. The quantitative estimate of drug-likeness (QED) is 0.819. The van der Waals surface area contributed by atoms with Gasteiger partial charge in [0.05, 0.1) is 19.3 Å². The first kappa shape index (κ1) is 19.9. The van der Waals surface area contributed by atoms with E-state index in [1.165, 1.54) is 0 Å². The third-order valence-corrected chi connectivity index (χ3v) is 5.92. The highest BCUT2D eigenvalue weighted by atomic mass is 16.5. The molecule has 2 fully saturated rings. The smallest absolute Gasteiger partial charge is 0.317 e. The van der Waals surface area contributed by atoms with E-state index >= 15 is 0 Å². The Morgan fingerprint density at radius 3 is 2.62 bits per heavy atom. The van der Waals surface area contributed by atoms with Crippen LogP contribution in [0.3, 0.4) is 0 Å². The first-order valence-electron chi connectivity index (χ1n) is 10.4. The van der Waals surface area contributed by atoms with Crippen LogP contribution in [0.15, 0.2) is 22.9 Å². The summed E-state index contributed by atoms with van der Waals surface area (Å²) in [4.78, 5) is 17.0. The fourth-order valence-corrected chi connectivity index (χ4v) is 4.23. The molecule has 0 aromatic carbocycles. The predicted molar refractivity (Wildman–Crippen MR) is 107 cm³/mol. The molecule has 29 heavy (non-hydrogen) atoms. The van der Waals surface area contributed by atoms with Crippen molar-refractivity contribution >= 4 is 6.03 Å². The van der Waals surface area contributed by atoms with E-state index in [-0.39, 0.29) is 12.1 Å². The standard InChI is InChI=1S/C20H30N6O3/c1-15-3-4-18(29-15)17(25-9-11-28-12-10-25)13-21-20(27)26-7-5-16(6-8-26)19-23-22-14-24(19)2/h3-4,14,16-17H,5-13H2,1-2H3,(H,21,27). The van der Waals surface area contributed by atoms with Gasteiger partial charge in [-0.2, -0.15) is 0 Å². The Morgan fingerprint density at radius 1 is 1.24 bits per heavy atom. The van der Waals surface area contributed by atoms with Crippen LogP contribution in [-0.2, 0) is 11.8 Å². The molecule has 2 aliphatic heterocycles. The monoisotopic (exact) mass is 402 g/mol. The summed E-state index contributed by atoms with van der Waals surface area (Å²) in [6.07, 6.45) is 3.55. The molecule has 9 heteroatoms. The lowest BCUT2D eigenvalue weighted by molar-refractivity contribution is 0.0118. The molecule has 0 radical (unpaired) electrons. The number of aromatic nitrogens is 3. The lowest BCUT2D eigenvalue weighted by Gasteiger charge is -2.35. The van der Waals surface area contributed by atoms with E-state index in [0.717, 1.165) is 56.4 Å². The minimum Gasteiger partial charge on any atom is -0.465 e. The minimum atomic E-state index is -0.0112. The molecule has 1 atom stereocenters. The normalized spacial score (nSPS) is 20.0. The third-order valence-electron chi connectivity index (χ3n) is 5.92. The van der Waals surface area contributed by atoms with Crippen LogP contribution < -0.4 is 5.32 Å². The molecule has 1 unspecified atom stereocenters. The highest BCUT2D eigenvalue weighted by molar-refractivity contribution is 5.74. The lowest BCUT2D eigenvalue weighted by Crippen LogP contribution is -2.48. The van der Waals surface area contributed by atoms with Gasteiger partial charge in [-0.05, 0) is 31.9 Å². The zero-order valence-electron chi connectivity index (χ0n) is 17.2. The maximum Gasteiger partial charge on any atom is 0.317 e. The second-order valence-corrected chi connectivity index (χ2v) is 7.86. The van der Waals surface area contributed by atoms with Crippen molar-refractivity contribution in [2.24, 2.45) is 7.05 Å². The van der Waals surface area contributed by atoms with Crippen molar-refractivity contribution in [2.75, 3.05) is 45.9 Å². The number of hydrogen-bond donors (Lipinski definition) is 1. The van der Waals surface area contributed by atoms with Crippen molar-refractivity contribution in [3.63, 3.8) is 0 Å². The Labute approximate surface area is 171 Å². The second-order valence-electron chi connectivity index (χ2n) is 7.86. The topological polar surface area (TPSA) is 88.7 Å². The summed E-state index contributed by atoms with van der Waals surface area (Å²) in [7, 11) is 1.97. The van der Waals surface area contributed by atoms with Gasteiger partial charge in [0.1, 0.15) is 23.7 Å². The second kappa shape index (κ2) is 8.96. The Hall–Kier alpha value is -2.39. The van der Waals surface area contributed by atoms with E-state index in [0.29, 0.717) is 25.7 Å². The molecule has 2 aromatic heterocycles. The first-order valence-corrected chi connectivity index (χ1v) is 10.4. The van der Waals surface area contributed by atoms with Gasteiger partial charge in [-0.3, -0.25) is 4.90 Å². The number of aryl methyl sites for hydroxylation is 2. The Balaban J connectivity index is 1.33. The number of carbonyl (C=O) groups is 1. The van der Waals surface area contributed by atoms with E-state index in [1.54, 1.807) is 6.33 Å². The molecule has 158 valence electrons. The summed E-state index contributed by atoms with van der Waals surface area (Å²) in [5.41, 5.74) is 0. The van der Waals surface area contributed by atoms with Crippen molar-refractivity contribution in [1.82, 2.24) is 29.9 Å². The van der Waals surface area contributed by atoms with Gasteiger partial charge >= 0.3 is 6.03 Å². The predicted octanol–water partition coefficient (Wildman–Crippen LogP) is 1.68. The molecule has 2 amide bonds. The van der Waals surface area contributed by atoms with Crippen molar-refractivity contribution in [2.45, 2.75) is 31.7 Å². The molecule has 2 saturated heterocycles. The Morgan fingerprint density at radius 2 is 2.00 bits per heavy atom. The van der Waals surface area contributed by atoms with Gasteiger partial charge in [0, 0.05) is 45.7 Å². The van der Waals surface area contributed by atoms with Gasteiger partial charge in [-0.25, -0.2) is 4.79 Å². The van der Waals surface area contributed by atoms with Gasteiger partial charge in [-0.1, -0.05) is 0 Å². The van der Waals surface area contributed by atoms with E-state index in [9.17, 15) is 4.79 Å². The van der Waals surface area contributed by atoms with Crippen LogP contribution in [-0.4, -0.2) is 76.5 Å². The largest absolute Gasteiger partial charge is 0.465 e. The summed E-state index contributed by atoms with van der Waals surface area (Å²) >= 11 is 0. The minimum absolute atomic E-state index is 0.0112. The number of piperidine rings is 1. The molecule has 2 aromatic rings. The Bertz CT molecular complexity index is 805. The van der Waals surface area contributed by atoms with Crippen LogP contribution in [0.1, 0.15) is 42.1 Å². The van der Waals surface area contributed by atoms with Crippen LogP contribution in [0, 0.1) is 6.92 Å². The average Bonchev–Trinajstić information content (AvgIpc) is 3.37. The number of morpholine rings is 1. The first-order chi connectivity index (χ1) is 14.1. The number of amides is 2. The van der Waals surface area contributed by atoms with Crippen LogP contribution >= 0.6 is 0 Å². The number of furan rings is 1. The zero-order valence-corrected chi connectivity index (χ0v) is 17.2. The molecule has 0 spiro atoms. The van der Waals surface area contributed by atoms with E-state index < -0.39 is 0 Å². The fourth-order valence-electron chi connectivity index (χ4n) is 4.23. The number of ether oxygens (including phenoxy) is 1. The summed E-state index contributed by atoms with van der Waals surface area (Å²) < 4.78 is 13.3. The van der Waals surface area contributed by atoms with E-state index in [1.807, 2.05) is 35.6 Å². The molecule has 0 saturated carbocycles. The highest BCUT2D eigenvalue weighted by Crippen LogP contribution is 2.27. The number of hydrogen-bond acceptors (Lipinski definition) is 6. The van der Waals surface area contributed by atoms with Gasteiger partial charge in [0.2, 0.25) is 0 Å². The van der Waals surface area contributed by atoms with Crippen LogP contribution in [0.4, 0.5) is 4.79 Å². The summed E-state index contributed by atoms with van der Waals surface area (Å²) in [6, 6.07) is 3.99. The summed E-state index contributed by atoms with van der Waals surface area (Å²) in [6.45, 7) is 7.01. The van der Waals surface area contributed by atoms with Gasteiger partial charge < -0.3 is 23.9 Å². The number of urea groups is 1. The van der Waals surface area contributed by atoms with Gasteiger partial charge in [0.15, 0.2) is 0 Å². The average molecular weight is 402 g/mol. The number of likely N-dealkylation sites (tertiary alicyclic amines) is 1. The maximum absolute atomic E-state index is 12.8. The SMILES string of the molecule is Cc1ccc(C(CNC(=O)N2CCC(c3nncn3C)CC2)N2CCOCC2)o1. The van der Waals surface area contributed by atoms with Crippen LogP contribution in [0.2, 0.25) is 0 Å². The molecular formula is C20H30N6O3. The molecule has 4 rings (SSSR count). The van der Waals surface area contributed by atoms with E-state index in [2.05, 4.69) is 20.4 Å². The van der Waals surface area contributed by atoms with Gasteiger partial charge in [0.25, 0.3) is 0 Å². The maximum atomic E-state index is 12.8. The molecule has 0 bridgehead atoms. The lowest BCUT2D eigenvalue weighted by atomic mass is 9.96. The molecule has 4 heterocycles. The number of rotatable bonds is 5. The third kappa shape index (κ3) is 4.62. The molecule has 2 aliphatic rings. The summed E-state index contributed by atoms with van der Waals surface area (Å²) in [5.74, 6) is 3.14. The van der Waals surface area contributed by atoms with Crippen LogP contribution in [0.25, 0.3) is 0 Å². The molecular weight excluding hydrogens is 372 g/mol. The van der Waals surface area contributed by atoms with Crippen molar-refractivity contribution < 1.29 is 13.9 Å². The van der Waals surface area contributed by atoms with Crippen LogP contribution in [0.5, 0.6) is 0 Å². The van der Waals surface area contributed by atoms with E-state index in [4.69, 9.17) is 9.15 Å². The molecule has 1 N–H and O–H groups in total. The number of carbonyl (C=O) groups excluding carboxylic acids is 1. The fraction of sp³-hybridized carbons (Fsp3) is 0.650.